The van der Waals surface area contributed by atoms with Crippen LogP contribution >= 0.6 is 43.0 Å². The minimum atomic E-state index is -1.27. The molecule has 122 valence electrons. The first kappa shape index (κ1) is 14.6. The normalized spacial score (nSPS) is 47.1. The van der Waals surface area contributed by atoms with Crippen LogP contribution in [-0.2, 0) is 14.3 Å². The van der Waals surface area contributed by atoms with Gasteiger partial charge in [0, 0.05) is 0 Å². The number of ether oxygens (including phenoxy) is 1. The molecular weight excluding hydrogens is 514 g/mol. The molecular formula is C13H18I2N4O3. The Morgan fingerprint density at radius 3 is 2.68 bits per heavy atom. The van der Waals surface area contributed by atoms with E-state index in [9.17, 15) is 9.59 Å². The number of nitrogens with two attached hydrogens (primary N) is 1. The van der Waals surface area contributed by atoms with E-state index in [1.54, 1.807) is 0 Å². The summed E-state index contributed by atoms with van der Waals surface area (Å²) < 4.78 is 11.1. The standard InChI is InChI=1S/C13H18I2N4O3/c14-12(16,13-15(18-13)19-13)10(21)22-8-2-7-1-6(8)3-11(7)4-9(20)17-5-11/h6-8,18-19H,1-5,16H2,(H,17,20). The van der Waals surface area contributed by atoms with Gasteiger partial charge in [0.15, 0.2) is 0 Å². The van der Waals surface area contributed by atoms with E-state index in [4.69, 9.17) is 10.5 Å². The minimum absolute atomic E-state index is 0.0207. The number of esters is 1. The number of carbonyl (C=O) groups excluding carboxylic acids is 2. The molecule has 2 bridgehead atoms. The Morgan fingerprint density at radius 1 is 1.45 bits per heavy atom. The van der Waals surface area contributed by atoms with Crippen molar-refractivity contribution < 1.29 is 14.3 Å². The number of fused-ring (bicyclic) bond motifs is 4. The summed E-state index contributed by atoms with van der Waals surface area (Å²) >= 11 is 0.753. The zero-order valence-electron chi connectivity index (χ0n) is 11.8. The van der Waals surface area contributed by atoms with Crippen LogP contribution in [0.2, 0.25) is 0 Å². The van der Waals surface area contributed by atoms with Crippen molar-refractivity contribution in [2.45, 2.75) is 39.0 Å². The molecule has 1 spiro atoms. The number of rotatable bonds is 3. The summed E-state index contributed by atoms with van der Waals surface area (Å²) in [7, 11) is 0. The predicted octanol–water partition coefficient (Wildman–Crippen LogP) is 0.121. The van der Waals surface area contributed by atoms with Crippen molar-refractivity contribution >= 4 is 54.8 Å². The third kappa shape index (κ3) is 1.77. The van der Waals surface area contributed by atoms with Crippen molar-refractivity contribution in [2.75, 3.05) is 6.54 Å². The van der Waals surface area contributed by atoms with Crippen molar-refractivity contribution in [1.29, 1.82) is 0 Å². The Bertz CT molecular complexity index is 594. The van der Waals surface area contributed by atoms with Gasteiger partial charge < -0.3 is 0 Å². The van der Waals surface area contributed by atoms with Crippen LogP contribution in [-0.4, -0.2) is 31.7 Å². The number of nitrogens with one attached hydrogen (secondary N) is 3. The van der Waals surface area contributed by atoms with Gasteiger partial charge in [-0.15, -0.1) is 0 Å². The molecule has 3 saturated heterocycles. The number of carbonyl (C=O) groups is 2. The number of hydrogen-bond acceptors (Lipinski definition) is 6. The van der Waals surface area contributed by atoms with Gasteiger partial charge >= 0.3 is 150 Å². The average Bonchev–Trinajstić information content (AvgIpc) is 3.18. The SMILES string of the molecule is NC(I)(C(=O)OC1CC2CC1CC21CNC(=O)C1)C12NI1N2. The van der Waals surface area contributed by atoms with E-state index in [1.807, 2.05) is 22.6 Å². The zero-order valence-corrected chi connectivity index (χ0v) is 16.1. The maximum atomic E-state index is 12.5. The van der Waals surface area contributed by atoms with E-state index in [1.165, 1.54) is 0 Å². The molecule has 5 fully saturated rings. The molecule has 5 aliphatic rings. The van der Waals surface area contributed by atoms with Crippen LogP contribution in [0.15, 0.2) is 0 Å². The molecule has 2 saturated carbocycles. The summed E-state index contributed by atoms with van der Waals surface area (Å²) in [5.74, 6) is 0.762. The van der Waals surface area contributed by atoms with Gasteiger partial charge in [-0.25, -0.2) is 0 Å². The molecule has 5 rings (SSSR count). The average molecular weight is 532 g/mol. The predicted molar refractivity (Wildman–Crippen MR) is 94.7 cm³/mol. The van der Waals surface area contributed by atoms with Crippen LogP contribution in [0.25, 0.3) is 0 Å². The van der Waals surface area contributed by atoms with Gasteiger partial charge in [-0.3, -0.25) is 0 Å². The molecule has 3 aliphatic heterocycles. The molecule has 22 heavy (non-hydrogen) atoms. The quantitative estimate of drug-likeness (QED) is 0.102. The monoisotopic (exact) mass is 532 g/mol. The first-order valence-electron chi connectivity index (χ1n) is 7.57. The second-order valence-electron chi connectivity index (χ2n) is 7.23. The molecule has 0 aromatic heterocycles. The Hall–Kier alpha value is 0.280. The van der Waals surface area contributed by atoms with Gasteiger partial charge in [0.25, 0.3) is 0 Å². The molecule has 9 heteroatoms. The summed E-state index contributed by atoms with van der Waals surface area (Å²) in [6.07, 6.45) is 3.58. The van der Waals surface area contributed by atoms with Crippen LogP contribution in [0.3, 0.4) is 0 Å². The van der Waals surface area contributed by atoms with Crippen LogP contribution < -0.4 is 18.1 Å². The first-order chi connectivity index (χ1) is 10.4. The van der Waals surface area contributed by atoms with E-state index in [2.05, 4.69) is 12.4 Å². The number of amides is 1. The Morgan fingerprint density at radius 2 is 2.18 bits per heavy atom. The fraction of sp³-hybridized carbons (Fsp3) is 0.846. The summed E-state index contributed by atoms with van der Waals surface area (Å²) in [6.45, 7) is 0.797. The third-order valence-electron chi connectivity index (χ3n) is 6.03. The maximum absolute atomic E-state index is 12.5. The molecule has 3 heterocycles. The third-order valence-corrected chi connectivity index (χ3v) is 12.9. The van der Waals surface area contributed by atoms with Crippen LogP contribution in [0.4, 0.5) is 0 Å². The van der Waals surface area contributed by atoms with Crippen LogP contribution in [0.1, 0.15) is 25.7 Å². The van der Waals surface area contributed by atoms with E-state index in [-0.39, 0.29) is 27.1 Å². The fourth-order valence-corrected chi connectivity index (χ4v) is 12.0. The van der Waals surface area contributed by atoms with Crippen molar-refractivity contribution in [3.8, 4) is 0 Å². The molecule has 0 aromatic carbocycles. The molecule has 0 aromatic rings. The van der Waals surface area contributed by atoms with E-state index >= 15 is 0 Å². The second-order valence-corrected chi connectivity index (χ2v) is 13.3. The van der Waals surface area contributed by atoms with Crippen molar-refractivity contribution in [3.63, 3.8) is 0 Å². The number of halogens is 2. The molecule has 5 atom stereocenters. The molecule has 2 aliphatic carbocycles. The molecule has 5 N–H and O–H groups in total. The summed E-state index contributed by atoms with van der Waals surface area (Å²) in [5.41, 5.74) is 6.35. The summed E-state index contributed by atoms with van der Waals surface area (Å²) in [4.78, 5) is 24.1. The van der Waals surface area contributed by atoms with Crippen molar-refractivity contribution in [2.24, 2.45) is 23.0 Å². The van der Waals surface area contributed by atoms with Crippen molar-refractivity contribution in [1.82, 2.24) is 12.4 Å². The first-order valence-corrected chi connectivity index (χ1v) is 11.9. The Labute approximate surface area is 149 Å². The van der Waals surface area contributed by atoms with Crippen LogP contribution in [0, 0.1) is 17.3 Å². The van der Waals surface area contributed by atoms with Gasteiger partial charge in [-0.2, -0.15) is 0 Å². The topological polar surface area (TPSA) is 125 Å². The van der Waals surface area contributed by atoms with E-state index in [0.717, 1.165) is 25.8 Å². The van der Waals surface area contributed by atoms with E-state index < -0.39 is 23.9 Å². The second kappa shape index (κ2) is 4.27. The molecule has 7 nitrogen and oxygen atoms in total. The summed E-state index contributed by atoms with van der Waals surface area (Å²) in [5, 5.41) is 2.97. The Balaban J connectivity index is 1.26. The van der Waals surface area contributed by atoms with Gasteiger partial charge in [0.2, 0.25) is 0 Å². The zero-order chi connectivity index (χ0) is 15.3. The van der Waals surface area contributed by atoms with Gasteiger partial charge in [-0.1, -0.05) is 0 Å². The van der Waals surface area contributed by atoms with Crippen molar-refractivity contribution in [3.05, 3.63) is 0 Å². The fourth-order valence-electron chi connectivity index (χ4n) is 4.65. The van der Waals surface area contributed by atoms with Gasteiger partial charge in [0.05, 0.1) is 0 Å². The summed E-state index contributed by atoms with van der Waals surface area (Å²) in [6, 6.07) is 0. The van der Waals surface area contributed by atoms with Crippen LogP contribution in [0.5, 0.6) is 0 Å². The Kier molecular flexibility index (Phi) is 2.83. The molecule has 0 radical (unpaired) electrons. The molecule has 5 unspecified atom stereocenters. The number of hydrogen-bond donors (Lipinski definition) is 4. The van der Waals surface area contributed by atoms with Gasteiger partial charge in [0.1, 0.15) is 0 Å². The number of alkyl halides is 2. The van der Waals surface area contributed by atoms with E-state index in [0.29, 0.717) is 18.3 Å². The van der Waals surface area contributed by atoms with Gasteiger partial charge in [-0.05, 0) is 0 Å². The molecule has 1 amide bonds.